The summed E-state index contributed by atoms with van der Waals surface area (Å²) in [6.45, 7) is 7.05. The minimum atomic E-state index is -0.517. The fraction of sp³-hybridized carbons (Fsp3) is 0.286. The zero-order chi connectivity index (χ0) is 21.3. The molecule has 0 radical (unpaired) electrons. The molecule has 2 heterocycles. The van der Waals surface area contributed by atoms with E-state index in [1.54, 1.807) is 31.4 Å². The third kappa shape index (κ3) is 4.12. The predicted molar refractivity (Wildman–Crippen MR) is 118 cm³/mol. The number of nitrogens with zero attached hydrogens (tertiary/aromatic N) is 2. The quantitative estimate of drug-likeness (QED) is 0.447. The van der Waals surface area contributed by atoms with Gasteiger partial charge in [0.25, 0.3) is 11.8 Å². The highest BCUT2D eigenvalue weighted by atomic mass is 35.5. The molecule has 1 aliphatic heterocycles. The summed E-state index contributed by atoms with van der Waals surface area (Å²) in [5.74, 6) is -1.00. The van der Waals surface area contributed by atoms with Crippen LogP contribution in [0.25, 0.3) is 6.08 Å². The SMILES string of the molecule is COCCn1c(C)cc(/C=C2/C(=O)NC(=S)N(c3ccc(C)c(Cl)c3)C2=O)c1C. The molecule has 1 fully saturated rings. The van der Waals surface area contributed by atoms with E-state index < -0.39 is 11.8 Å². The molecule has 3 rings (SSSR count). The number of nitrogens with one attached hydrogen (secondary N) is 1. The minimum Gasteiger partial charge on any atom is -0.383 e. The van der Waals surface area contributed by atoms with Crippen LogP contribution in [0.5, 0.6) is 0 Å². The monoisotopic (exact) mass is 431 g/mol. The number of aromatic nitrogens is 1. The van der Waals surface area contributed by atoms with Gasteiger partial charge in [-0.2, -0.15) is 0 Å². The zero-order valence-corrected chi connectivity index (χ0v) is 18.3. The number of methoxy groups -OCH3 is 1. The lowest BCUT2D eigenvalue weighted by Crippen LogP contribution is -2.54. The van der Waals surface area contributed by atoms with Gasteiger partial charge in [0.2, 0.25) is 0 Å². The van der Waals surface area contributed by atoms with Crippen molar-refractivity contribution in [2.45, 2.75) is 27.3 Å². The van der Waals surface area contributed by atoms with Crippen molar-refractivity contribution in [1.82, 2.24) is 9.88 Å². The Bertz CT molecular complexity index is 1040. The maximum Gasteiger partial charge on any atom is 0.270 e. The highest BCUT2D eigenvalue weighted by Crippen LogP contribution is 2.27. The first-order chi connectivity index (χ1) is 13.7. The number of carbonyl (C=O) groups excluding carboxylic acids is 2. The highest BCUT2D eigenvalue weighted by Gasteiger charge is 2.34. The molecule has 0 atom stereocenters. The molecular formula is C21H22ClN3O3S. The molecule has 8 heteroatoms. The second-order valence-corrected chi connectivity index (χ2v) is 7.66. The Balaban J connectivity index is 2.01. The summed E-state index contributed by atoms with van der Waals surface area (Å²) in [6.07, 6.45) is 1.61. The lowest BCUT2D eigenvalue weighted by Gasteiger charge is -2.29. The van der Waals surface area contributed by atoms with Crippen LogP contribution in [-0.2, 0) is 20.9 Å². The summed E-state index contributed by atoms with van der Waals surface area (Å²) in [5.41, 5.74) is 4.17. The smallest absolute Gasteiger partial charge is 0.270 e. The maximum atomic E-state index is 13.2. The molecular weight excluding hydrogens is 410 g/mol. The number of hydrogen-bond acceptors (Lipinski definition) is 4. The number of aryl methyl sites for hydroxylation is 2. The van der Waals surface area contributed by atoms with Crippen LogP contribution in [0.2, 0.25) is 5.02 Å². The van der Waals surface area contributed by atoms with E-state index in [-0.39, 0.29) is 10.7 Å². The van der Waals surface area contributed by atoms with Crippen LogP contribution in [0.15, 0.2) is 29.8 Å². The van der Waals surface area contributed by atoms with Gasteiger partial charge in [-0.25, -0.2) is 0 Å². The first-order valence-electron chi connectivity index (χ1n) is 9.08. The van der Waals surface area contributed by atoms with Crippen molar-refractivity contribution in [2.75, 3.05) is 18.6 Å². The summed E-state index contributed by atoms with van der Waals surface area (Å²) in [7, 11) is 1.65. The summed E-state index contributed by atoms with van der Waals surface area (Å²) in [4.78, 5) is 27.0. The average Bonchev–Trinajstić information content (AvgIpc) is 2.92. The second-order valence-electron chi connectivity index (χ2n) is 6.86. The molecule has 2 aromatic rings. The van der Waals surface area contributed by atoms with E-state index in [1.807, 2.05) is 26.8 Å². The van der Waals surface area contributed by atoms with E-state index in [0.29, 0.717) is 23.9 Å². The second kappa shape index (κ2) is 8.49. The van der Waals surface area contributed by atoms with Crippen molar-refractivity contribution >= 4 is 52.5 Å². The number of ether oxygens (including phenoxy) is 1. The molecule has 152 valence electrons. The molecule has 0 unspecified atom stereocenters. The van der Waals surface area contributed by atoms with Gasteiger partial charge in [0.05, 0.1) is 12.3 Å². The van der Waals surface area contributed by atoms with Crippen molar-refractivity contribution in [3.63, 3.8) is 0 Å². The van der Waals surface area contributed by atoms with Gasteiger partial charge in [-0.05, 0) is 68.4 Å². The number of amides is 2. The van der Waals surface area contributed by atoms with Gasteiger partial charge < -0.3 is 9.30 Å². The van der Waals surface area contributed by atoms with Gasteiger partial charge in [-0.15, -0.1) is 0 Å². The molecule has 1 N–H and O–H groups in total. The molecule has 29 heavy (non-hydrogen) atoms. The molecule has 1 aromatic heterocycles. The van der Waals surface area contributed by atoms with Gasteiger partial charge in [-0.1, -0.05) is 17.7 Å². The summed E-state index contributed by atoms with van der Waals surface area (Å²) < 4.78 is 7.24. The first kappa shape index (κ1) is 21.2. The molecule has 2 amide bonds. The largest absolute Gasteiger partial charge is 0.383 e. The molecule has 1 aliphatic rings. The van der Waals surface area contributed by atoms with Gasteiger partial charge >= 0.3 is 0 Å². The number of carbonyl (C=O) groups is 2. The third-order valence-corrected chi connectivity index (χ3v) is 5.64. The summed E-state index contributed by atoms with van der Waals surface area (Å²) >= 11 is 11.5. The van der Waals surface area contributed by atoms with Crippen molar-refractivity contribution < 1.29 is 14.3 Å². The number of halogens is 1. The Kier molecular flexibility index (Phi) is 6.21. The molecule has 0 saturated carbocycles. The zero-order valence-electron chi connectivity index (χ0n) is 16.7. The fourth-order valence-electron chi connectivity index (χ4n) is 3.27. The molecule has 6 nitrogen and oxygen atoms in total. The lowest BCUT2D eigenvalue weighted by molar-refractivity contribution is -0.122. The van der Waals surface area contributed by atoms with Crippen molar-refractivity contribution in [3.05, 3.63) is 57.4 Å². The number of thiocarbonyl (C=S) groups is 1. The average molecular weight is 432 g/mol. The first-order valence-corrected chi connectivity index (χ1v) is 9.86. The lowest BCUT2D eigenvalue weighted by atomic mass is 10.1. The Morgan fingerprint density at radius 2 is 1.93 bits per heavy atom. The van der Waals surface area contributed by atoms with Crippen LogP contribution >= 0.6 is 23.8 Å². The van der Waals surface area contributed by atoms with E-state index in [9.17, 15) is 9.59 Å². The summed E-state index contributed by atoms with van der Waals surface area (Å²) in [6, 6.07) is 7.15. The third-order valence-electron chi connectivity index (χ3n) is 4.95. The van der Waals surface area contributed by atoms with Crippen LogP contribution in [0.4, 0.5) is 5.69 Å². The Hall–Kier alpha value is -2.48. The van der Waals surface area contributed by atoms with E-state index in [0.717, 1.165) is 22.5 Å². The van der Waals surface area contributed by atoms with Crippen LogP contribution < -0.4 is 10.2 Å². The Labute approximate surface area is 180 Å². The van der Waals surface area contributed by atoms with E-state index in [2.05, 4.69) is 9.88 Å². The molecule has 0 aliphatic carbocycles. The standard InChI is InChI=1S/C21H22ClN3O3S/c1-12-5-6-16(11-18(12)22)25-20(27)17(19(26)23-21(25)29)10-15-9-13(2)24(14(15)3)7-8-28-4/h5-6,9-11H,7-8H2,1-4H3,(H,23,26,29)/b17-10-. The summed E-state index contributed by atoms with van der Waals surface area (Å²) in [5, 5.41) is 3.14. The van der Waals surface area contributed by atoms with E-state index in [1.165, 1.54) is 4.90 Å². The van der Waals surface area contributed by atoms with Crippen molar-refractivity contribution in [1.29, 1.82) is 0 Å². The van der Waals surface area contributed by atoms with Crippen LogP contribution in [0, 0.1) is 20.8 Å². The number of benzene rings is 1. The van der Waals surface area contributed by atoms with Gasteiger partial charge in [0.1, 0.15) is 5.57 Å². The molecule has 1 aromatic carbocycles. The van der Waals surface area contributed by atoms with E-state index in [4.69, 9.17) is 28.6 Å². The van der Waals surface area contributed by atoms with E-state index >= 15 is 0 Å². The predicted octanol–water partition coefficient (Wildman–Crippen LogP) is 3.54. The normalized spacial score (nSPS) is 16.0. The number of rotatable bonds is 5. The Morgan fingerprint density at radius 1 is 1.21 bits per heavy atom. The highest BCUT2D eigenvalue weighted by molar-refractivity contribution is 7.80. The Morgan fingerprint density at radius 3 is 2.59 bits per heavy atom. The van der Waals surface area contributed by atoms with Gasteiger partial charge in [-0.3, -0.25) is 19.8 Å². The molecule has 0 bridgehead atoms. The van der Waals surface area contributed by atoms with Crippen LogP contribution in [0.3, 0.4) is 0 Å². The molecule has 0 spiro atoms. The molecule has 1 saturated heterocycles. The number of anilines is 1. The van der Waals surface area contributed by atoms with Crippen LogP contribution in [0.1, 0.15) is 22.5 Å². The van der Waals surface area contributed by atoms with Gasteiger partial charge in [0, 0.05) is 30.1 Å². The fourth-order valence-corrected chi connectivity index (χ4v) is 3.72. The van der Waals surface area contributed by atoms with Crippen molar-refractivity contribution in [3.8, 4) is 0 Å². The minimum absolute atomic E-state index is 0.0160. The number of hydrogen-bond donors (Lipinski definition) is 1. The van der Waals surface area contributed by atoms with Gasteiger partial charge in [0.15, 0.2) is 5.11 Å². The van der Waals surface area contributed by atoms with Crippen molar-refractivity contribution in [2.24, 2.45) is 0 Å². The maximum absolute atomic E-state index is 13.2. The van der Waals surface area contributed by atoms with Crippen LogP contribution in [-0.4, -0.2) is 35.2 Å². The topological polar surface area (TPSA) is 63.6 Å².